The van der Waals surface area contributed by atoms with Crippen LogP contribution in [0.4, 0.5) is 0 Å². The number of hydrogen-bond donors (Lipinski definition) is 1. The molecule has 1 aromatic rings. The Bertz CT molecular complexity index is 383. The van der Waals surface area contributed by atoms with Gasteiger partial charge in [0.25, 0.3) is 0 Å². The maximum atomic E-state index is 10.5. The number of carboxylic acid groups (broad SMARTS) is 1. The quantitative estimate of drug-likeness (QED) is 0.923. The van der Waals surface area contributed by atoms with Gasteiger partial charge in [0.1, 0.15) is 11.9 Å². The molecular weight excluding hydrogens is 295 g/mol. The fourth-order valence-corrected chi connectivity index (χ4v) is 2.34. The summed E-state index contributed by atoms with van der Waals surface area (Å²) in [4.78, 5) is 10.5. The molecule has 1 N–H and O–H groups in total. The Morgan fingerprint density at radius 3 is 2.75 bits per heavy atom. The van der Waals surface area contributed by atoms with Crippen LogP contribution in [0.3, 0.4) is 0 Å². The Morgan fingerprint density at radius 1 is 1.62 bits per heavy atom. The van der Waals surface area contributed by atoms with Crippen molar-refractivity contribution < 1.29 is 14.6 Å². The van der Waals surface area contributed by atoms with E-state index in [0.717, 1.165) is 10.0 Å². The van der Waals surface area contributed by atoms with Gasteiger partial charge in [0, 0.05) is 4.47 Å². The fourth-order valence-electron chi connectivity index (χ4n) is 1.33. The summed E-state index contributed by atoms with van der Waals surface area (Å²) < 4.78 is 6.38. The van der Waals surface area contributed by atoms with E-state index < -0.39 is 12.1 Å². The lowest BCUT2D eigenvalue weighted by atomic mass is 10.2. The number of rotatable bonds is 4. The number of benzene rings is 1. The van der Waals surface area contributed by atoms with E-state index in [1.807, 2.05) is 13.0 Å². The van der Waals surface area contributed by atoms with E-state index in [9.17, 15) is 4.79 Å². The van der Waals surface area contributed by atoms with Crippen molar-refractivity contribution in [3.63, 3.8) is 0 Å². The number of hydrogen-bond acceptors (Lipinski definition) is 2. The molecule has 1 rings (SSSR count). The van der Waals surface area contributed by atoms with E-state index in [0.29, 0.717) is 10.8 Å². The van der Waals surface area contributed by atoms with Gasteiger partial charge in [-0.25, -0.2) is 0 Å². The summed E-state index contributed by atoms with van der Waals surface area (Å²) in [5.41, 5.74) is 0.872. The van der Waals surface area contributed by atoms with Gasteiger partial charge in [-0.1, -0.05) is 27.5 Å². The predicted molar refractivity (Wildman–Crippen MR) is 66.2 cm³/mol. The Kier molecular flexibility index (Phi) is 4.62. The molecule has 0 saturated heterocycles. The smallest absolute Gasteiger partial charge is 0.307 e. The SMILES string of the molecule is Cc1cc(Br)cc(Cl)c1O[C@H](C)CC(=O)O. The average molecular weight is 308 g/mol. The van der Waals surface area contributed by atoms with Gasteiger partial charge in [-0.15, -0.1) is 0 Å². The second kappa shape index (κ2) is 5.55. The third-order valence-electron chi connectivity index (χ3n) is 1.98. The van der Waals surface area contributed by atoms with Crippen molar-refractivity contribution in [1.82, 2.24) is 0 Å². The third-order valence-corrected chi connectivity index (χ3v) is 2.71. The normalized spacial score (nSPS) is 12.2. The molecule has 0 aromatic heterocycles. The lowest BCUT2D eigenvalue weighted by Gasteiger charge is -2.16. The molecule has 0 fully saturated rings. The summed E-state index contributed by atoms with van der Waals surface area (Å²) in [7, 11) is 0. The van der Waals surface area contributed by atoms with Gasteiger partial charge < -0.3 is 9.84 Å². The number of ether oxygens (including phenoxy) is 1. The molecule has 1 atom stereocenters. The van der Waals surface area contributed by atoms with Crippen LogP contribution >= 0.6 is 27.5 Å². The predicted octanol–water partition coefficient (Wildman–Crippen LogP) is 3.65. The van der Waals surface area contributed by atoms with Crippen molar-refractivity contribution in [2.45, 2.75) is 26.4 Å². The van der Waals surface area contributed by atoms with Crippen molar-refractivity contribution in [2.24, 2.45) is 0 Å². The number of aryl methyl sites for hydroxylation is 1. The standard InChI is InChI=1S/C11H12BrClO3/c1-6-3-8(12)5-9(13)11(6)16-7(2)4-10(14)15/h3,5,7H,4H2,1-2H3,(H,14,15)/t7-/m1/s1. The lowest BCUT2D eigenvalue weighted by molar-refractivity contribution is -0.138. The van der Waals surface area contributed by atoms with Crippen LogP contribution in [0.15, 0.2) is 16.6 Å². The van der Waals surface area contributed by atoms with E-state index in [1.165, 1.54) is 0 Å². The number of halogens is 2. The van der Waals surface area contributed by atoms with Gasteiger partial charge in [-0.05, 0) is 31.5 Å². The number of aliphatic carboxylic acids is 1. The molecule has 1 aromatic carbocycles. The van der Waals surface area contributed by atoms with Crippen LogP contribution in [0, 0.1) is 6.92 Å². The molecule has 0 aliphatic rings. The van der Waals surface area contributed by atoms with Gasteiger partial charge in [0.05, 0.1) is 11.4 Å². The van der Waals surface area contributed by atoms with E-state index in [1.54, 1.807) is 13.0 Å². The van der Waals surface area contributed by atoms with Crippen LogP contribution in [0.5, 0.6) is 5.75 Å². The molecule has 0 spiro atoms. The molecule has 0 saturated carbocycles. The van der Waals surface area contributed by atoms with Crippen LogP contribution in [0.1, 0.15) is 18.9 Å². The first-order valence-corrected chi connectivity index (χ1v) is 5.91. The highest BCUT2D eigenvalue weighted by Crippen LogP contribution is 2.32. The van der Waals surface area contributed by atoms with E-state index in [2.05, 4.69) is 15.9 Å². The monoisotopic (exact) mass is 306 g/mol. The lowest BCUT2D eigenvalue weighted by Crippen LogP contribution is -2.17. The third kappa shape index (κ3) is 3.68. The van der Waals surface area contributed by atoms with Crippen LogP contribution in [-0.4, -0.2) is 17.2 Å². The summed E-state index contributed by atoms with van der Waals surface area (Å²) in [5, 5.41) is 9.10. The van der Waals surface area contributed by atoms with Crippen LogP contribution < -0.4 is 4.74 Å². The molecule has 0 aliphatic carbocycles. The molecule has 5 heteroatoms. The average Bonchev–Trinajstić information content (AvgIpc) is 2.09. The largest absolute Gasteiger partial charge is 0.488 e. The Labute approximate surface area is 107 Å². The van der Waals surface area contributed by atoms with E-state index >= 15 is 0 Å². The summed E-state index contributed by atoms with van der Waals surface area (Å²) in [6, 6.07) is 3.59. The van der Waals surface area contributed by atoms with Crippen molar-refractivity contribution in [1.29, 1.82) is 0 Å². The highest BCUT2D eigenvalue weighted by molar-refractivity contribution is 9.10. The fraction of sp³-hybridized carbons (Fsp3) is 0.364. The highest BCUT2D eigenvalue weighted by atomic mass is 79.9. The summed E-state index contributed by atoms with van der Waals surface area (Å²) in [6.45, 7) is 3.56. The number of carboxylic acids is 1. The Morgan fingerprint density at radius 2 is 2.25 bits per heavy atom. The van der Waals surface area contributed by atoms with Gasteiger partial charge in [0.15, 0.2) is 0 Å². The molecule has 0 aliphatic heterocycles. The zero-order chi connectivity index (χ0) is 12.3. The molecule has 0 bridgehead atoms. The first-order valence-electron chi connectivity index (χ1n) is 4.74. The maximum Gasteiger partial charge on any atom is 0.307 e. The van der Waals surface area contributed by atoms with Crippen molar-refractivity contribution in [3.8, 4) is 5.75 Å². The van der Waals surface area contributed by atoms with E-state index in [-0.39, 0.29) is 6.42 Å². The summed E-state index contributed by atoms with van der Waals surface area (Å²) in [5.74, 6) is -0.350. The molecule has 0 unspecified atom stereocenters. The van der Waals surface area contributed by atoms with Crippen molar-refractivity contribution in [2.75, 3.05) is 0 Å². The Balaban J connectivity index is 2.85. The molecule has 16 heavy (non-hydrogen) atoms. The van der Waals surface area contributed by atoms with Crippen LogP contribution in [-0.2, 0) is 4.79 Å². The molecule has 88 valence electrons. The minimum Gasteiger partial charge on any atom is -0.488 e. The topological polar surface area (TPSA) is 46.5 Å². The molecule has 0 amide bonds. The zero-order valence-corrected chi connectivity index (χ0v) is 11.3. The second-order valence-corrected chi connectivity index (χ2v) is 4.88. The van der Waals surface area contributed by atoms with Gasteiger partial charge in [-0.2, -0.15) is 0 Å². The minimum absolute atomic E-state index is 0.0498. The Hall–Kier alpha value is -0.740. The first-order chi connectivity index (χ1) is 7.40. The van der Waals surface area contributed by atoms with Crippen molar-refractivity contribution >= 4 is 33.5 Å². The van der Waals surface area contributed by atoms with Gasteiger partial charge in [-0.3, -0.25) is 4.79 Å². The summed E-state index contributed by atoms with van der Waals surface area (Å²) in [6.07, 6.45) is -0.457. The second-order valence-electron chi connectivity index (χ2n) is 3.56. The van der Waals surface area contributed by atoms with Gasteiger partial charge in [0.2, 0.25) is 0 Å². The van der Waals surface area contributed by atoms with E-state index in [4.69, 9.17) is 21.4 Å². The van der Waals surface area contributed by atoms with Crippen LogP contribution in [0.2, 0.25) is 5.02 Å². The van der Waals surface area contributed by atoms with Crippen LogP contribution in [0.25, 0.3) is 0 Å². The first kappa shape index (κ1) is 13.3. The van der Waals surface area contributed by atoms with Gasteiger partial charge >= 0.3 is 5.97 Å². The number of carbonyl (C=O) groups is 1. The highest BCUT2D eigenvalue weighted by Gasteiger charge is 2.13. The molecular formula is C11H12BrClO3. The molecule has 0 heterocycles. The summed E-state index contributed by atoms with van der Waals surface area (Å²) >= 11 is 9.33. The molecule has 3 nitrogen and oxygen atoms in total. The van der Waals surface area contributed by atoms with Crippen molar-refractivity contribution in [3.05, 3.63) is 27.2 Å². The molecule has 0 radical (unpaired) electrons. The zero-order valence-electron chi connectivity index (χ0n) is 8.96. The maximum absolute atomic E-state index is 10.5. The minimum atomic E-state index is -0.890.